The molecule has 2 aromatic rings. The summed E-state index contributed by atoms with van der Waals surface area (Å²) < 4.78 is 1.79. The fraction of sp³-hybridized carbons (Fsp3) is 0.316. The van der Waals surface area contributed by atoms with Crippen molar-refractivity contribution in [3.63, 3.8) is 0 Å². The third-order valence-electron chi connectivity index (χ3n) is 4.23. The van der Waals surface area contributed by atoms with Crippen LogP contribution in [0.5, 0.6) is 0 Å². The Morgan fingerprint density at radius 2 is 2.08 bits per heavy atom. The number of carbonyl (C=O) groups excluding carboxylic acids is 1. The van der Waals surface area contributed by atoms with Gasteiger partial charge in [0, 0.05) is 5.92 Å². The third kappa shape index (κ3) is 3.79. The highest BCUT2D eigenvalue weighted by molar-refractivity contribution is 5.97. The van der Waals surface area contributed by atoms with Crippen LogP contribution in [0.1, 0.15) is 48.2 Å². The normalized spacial score (nSPS) is 15.2. The Morgan fingerprint density at radius 1 is 1.36 bits per heavy atom. The highest BCUT2D eigenvalue weighted by Gasteiger charge is 2.33. The molecular formula is C19H21N3O3. The topological polar surface area (TPSA) is 84.2 Å². The van der Waals surface area contributed by atoms with E-state index in [2.05, 4.69) is 10.4 Å². The summed E-state index contributed by atoms with van der Waals surface area (Å²) in [7, 11) is 0. The number of hydrogen-bond acceptors (Lipinski definition) is 3. The zero-order valence-electron chi connectivity index (χ0n) is 14.1. The number of carboxylic acid groups (broad SMARTS) is 1. The third-order valence-corrected chi connectivity index (χ3v) is 4.23. The van der Waals surface area contributed by atoms with Crippen molar-refractivity contribution in [1.82, 2.24) is 15.1 Å². The summed E-state index contributed by atoms with van der Waals surface area (Å²) in [6, 6.07) is 8.70. The van der Waals surface area contributed by atoms with Gasteiger partial charge in [-0.15, -0.1) is 0 Å². The van der Waals surface area contributed by atoms with Crippen molar-refractivity contribution in [2.75, 3.05) is 0 Å². The highest BCUT2D eigenvalue weighted by atomic mass is 16.4. The fourth-order valence-corrected chi connectivity index (χ4v) is 2.79. The lowest BCUT2D eigenvalue weighted by atomic mass is 10.1. The van der Waals surface area contributed by atoms with Gasteiger partial charge < -0.3 is 10.4 Å². The molecule has 1 aliphatic rings. The number of aromatic nitrogens is 2. The van der Waals surface area contributed by atoms with Gasteiger partial charge in [-0.3, -0.25) is 4.79 Å². The molecule has 3 rings (SSSR count). The first kappa shape index (κ1) is 17.0. The minimum absolute atomic E-state index is 0.253. The van der Waals surface area contributed by atoms with Gasteiger partial charge in [-0.05, 0) is 38.3 Å². The smallest absolute Gasteiger partial charge is 0.326 e. The molecule has 1 unspecified atom stereocenters. The van der Waals surface area contributed by atoms with Crippen molar-refractivity contribution >= 4 is 11.9 Å². The average molecular weight is 339 g/mol. The quantitative estimate of drug-likeness (QED) is 0.760. The summed E-state index contributed by atoms with van der Waals surface area (Å²) in [5, 5.41) is 16.3. The van der Waals surface area contributed by atoms with Crippen LogP contribution in [0, 0.1) is 0 Å². The Hall–Kier alpha value is -2.89. The maximum absolute atomic E-state index is 12.7. The van der Waals surface area contributed by atoms with Gasteiger partial charge in [-0.2, -0.15) is 5.10 Å². The zero-order chi connectivity index (χ0) is 17.8. The minimum Gasteiger partial charge on any atom is -0.480 e. The molecule has 1 amide bonds. The van der Waals surface area contributed by atoms with E-state index in [4.69, 9.17) is 0 Å². The summed E-state index contributed by atoms with van der Waals surface area (Å²) in [6.07, 6.45) is 7.31. The van der Waals surface area contributed by atoms with Crippen molar-refractivity contribution in [3.8, 4) is 5.69 Å². The molecule has 0 saturated heterocycles. The van der Waals surface area contributed by atoms with Crippen LogP contribution in [0.25, 0.3) is 5.69 Å². The van der Waals surface area contributed by atoms with Crippen LogP contribution in [0.15, 0.2) is 48.7 Å². The van der Waals surface area contributed by atoms with Crippen LogP contribution >= 0.6 is 0 Å². The number of carboxylic acids is 1. The molecule has 1 aromatic carbocycles. The first-order valence-corrected chi connectivity index (χ1v) is 8.40. The van der Waals surface area contributed by atoms with Gasteiger partial charge >= 0.3 is 5.97 Å². The molecule has 1 aromatic heterocycles. The van der Waals surface area contributed by atoms with Gasteiger partial charge in [0.1, 0.15) is 6.04 Å². The first-order valence-electron chi connectivity index (χ1n) is 8.40. The second-order valence-corrected chi connectivity index (χ2v) is 6.13. The number of nitrogens with one attached hydrogen (secondary N) is 1. The van der Waals surface area contributed by atoms with Gasteiger partial charge in [-0.1, -0.05) is 30.4 Å². The Labute approximate surface area is 146 Å². The van der Waals surface area contributed by atoms with E-state index in [1.165, 1.54) is 6.20 Å². The maximum atomic E-state index is 12.7. The molecule has 1 saturated carbocycles. The van der Waals surface area contributed by atoms with E-state index in [1.807, 2.05) is 37.3 Å². The lowest BCUT2D eigenvalue weighted by Gasteiger charge is -2.13. The Bertz CT molecular complexity index is 792. The van der Waals surface area contributed by atoms with Crippen molar-refractivity contribution in [3.05, 3.63) is 59.9 Å². The van der Waals surface area contributed by atoms with E-state index >= 15 is 0 Å². The van der Waals surface area contributed by atoms with Gasteiger partial charge in [0.15, 0.2) is 0 Å². The lowest BCUT2D eigenvalue weighted by molar-refractivity contribution is -0.139. The van der Waals surface area contributed by atoms with Gasteiger partial charge in [0.2, 0.25) is 0 Å². The minimum atomic E-state index is -1.05. The van der Waals surface area contributed by atoms with E-state index in [9.17, 15) is 14.7 Å². The number of amides is 1. The molecule has 2 N–H and O–H groups in total. The summed E-state index contributed by atoms with van der Waals surface area (Å²) >= 11 is 0. The van der Waals surface area contributed by atoms with Crippen LogP contribution in [0.3, 0.4) is 0 Å². The number of hydrogen-bond donors (Lipinski definition) is 2. The van der Waals surface area contributed by atoms with E-state index in [0.717, 1.165) is 24.2 Å². The Morgan fingerprint density at radius 3 is 2.68 bits per heavy atom. The molecule has 25 heavy (non-hydrogen) atoms. The van der Waals surface area contributed by atoms with Gasteiger partial charge in [0.25, 0.3) is 5.91 Å². The molecule has 0 aliphatic heterocycles. The number of rotatable bonds is 7. The van der Waals surface area contributed by atoms with Crippen LogP contribution in [-0.4, -0.2) is 32.8 Å². The number of allylic oxidation sites excluding steroid dienone is 1. The van der Waals surface area contributed by atoms with Crippen molar-refractivity contribution < 1.29 is 14.7 Å². The highest BCUT2D eigenvalue weighted by Crippen LogP contribution is 2.42. The summed E-state index contributed by atoms with van der Waals surface area (Å²) in [5.41, 5.74) is 2.21. The van der Waals surface area contributed by atoms with Crippen molar-refractivity contribution in [2.24, 2.45) is 0 Å². The van der Waals surface area contributed by atoms with E-state index in [0.29, 0.717) is 11.5 Å². The molecular weight excluding hydrogens is 318 g/mol. The number of aliphatic carboxylic acids is 1. The van der Waals surface area contributed by atoms with Crippen LogP contribution in [-0.2, 0) is 4.79 Å². The largest absolute Gasteiger partial charge is 0.480 e. The molecule has 130 valence electrons. The molecule has 6 heteroatoms. The average Bonchev–Trinajstić information content (AvgIpc) is 3.36. The van der Waals surface area contributed by atoms with E-state index in [-0.39, 0.29) is 12.3 Å². The predicted molar refractivity (Wildman–Crippen MR) is 93.9 cm³/mol. The summed E-state index contributed by atoms with van der Waals surface area (Å²) in [4.78, 5) is 24.0. The number of nitrogens with zero attached hydrogens (tertiary/aromatic N) is 2. The van der Waals surface area contributed by atoms with E-state index < -0.39 is 12.0 Å². The van der Waals surface area contributed by atoms with Crippen molar-refractivity contribution in [2.45, 2.75) is 38.1 Å². The molecule has 1 aliphatic carbocycles. The monoisotopic (exact) mass is 339 g/mol. The molecule has 0 spiro atoms. The molecule has 1 atom stereocenters. The molecule has 1 heterocycles. The van der Waals surface area contributed by atoms with Crippen LogP contribution < -0.4 is 5.32 Å². The fourth-order valence-electron chi connectivity index (χ4n) is 2.79. The van der Waals surface area contributed by atoms with Gasteiger partial charge in [-0.25, -0.2) is 9.48 Å². The lowest BCUT2D eigenvalue weighted by Crippen LogP contribution is -2.40. The Kier molecular flexibility index (Phi) is 4.97. The van der Waals surface area contributed by atoms with E-state index in [1.54, 1.807) is 16.8 Å². The summed E-state index contributed by atoms with van der Waals surface area (Å²) in [6.45, 7) is 1.82. The van der Waals surface area contributed by atoms with Crippen LogP contribution in [0.2, 0.25) is 0 Å². The first-order chi connectivity index (χ1) is 12.1. The van der Waals surface area contributed by atoms with Gasteiger partial charge in [0.05, 0.1) is 23.1 Å². The summed E-state index contributed by atoms with van der Waals surface area (Å²) in [5.74, 6) is -1.14. The molecule has 6 nitrogen and oxygen atoms in total. The zero-order valence-corrected chi connectivity index (χ0v) is 14.1. The second kappa shape index (κ2) is 7.34. The molecule has 0 bridgehead atoms. The Balaban J connectivity index is 1.88. The number of carbonyl (C=O) groups is 2. The SMILES string of the molecule is C/C=C/CC(NC(=O)c1cnn(-c2ccccc2)c1C1CC1)C(=O)O. The number of benzene rings is 1. The second-order valence-electron chi connectivity index (χ2n) is 6.13. The number of para-hydroxylation sites is 1. The molecule has 1 fully saturated rings. The molecule has 0 radical (unpaired) electrons. The van der Waals surface area contributed by atoms with Crippen LogP contribution in [0.4, 0.5) is 0 Å². The van der Waals surface area contributed by atoms with Crippen molar-refractivity contribution in [1.29, 1.82) is 0 Å². The predicted octanol–water partition coefficient (Wildman–Crippen LogP) is 2.90. The maximum Gasteiger partial charge on any atom is 0.326 e. The standard InChI is InChI=1S/C19H21N3O3/c1-2-3-9-16(19(24)25)21-18(23)15-12-20-22(17(15)13-10-11-13)14-7-5-4-6-8-14/h2-8,12-13,16H,9-11H2,1H3,(H,21,23)(H,24,25)/b3-2+.